The summed E-state index contributed by atoms with van der Waals surface area (Å²) in [7, 11) is -3.76. The number of amides is 3. The Morgan fingerprint density at radius 3 is 2.62 bits per heavy atom. The van der Waals surface area contributed by atoms with Gasteiger partial charge in [-0.25, -0.2) is 17.9 Å². The number of nitrogens with one attached hydrogen (secondary N) is 2. The number of urea groups is 1. The lowest BCUT2D eigenvalue weighted by Gasteiger charge is -2.14. The van der Waals surface area contributed by atoms with E-state index < -0.39 is 22.0 Å². The standard InChI is InChI=1S/C5H7N3O4S/c6-4(9)1-3-2-13(11,12)8-5(10)7-3/h2H,1H2,(H2,6,9)(H2,7,8,10). The van der Waals surface area contributed by atoms with Crippen molar-refractivity contribution in [1.82, 2.24) is 10.0 Å². The predicted molar refractivity (Wildman–Crippen MR) is 42.5 cm³/mol. The average molecular weight is 205 g/mol. The second-order valence-electron chi connectivity index (χ2n) is 2.39. The van der Waals surface area contributed by atoms with Gasteiger partial charge in [-0.1, -0.05) is 0 Å². The maximum absolute atomic E-state index is 10.9. The molecule has 0 radical (unpaired) electrons. The van der Waals surface area contributed by atoms with E-state index in [1.807, 2.05) is 0 Å². The SMILES string of the molecule is NC(=O)CC1=CS(=O)(=O)NC(=O)N1. The fourth-order valence-corrected chi connectivity index (χ4v) is 1.71. The van der Waals surface area contributed by atoms with Gasteiger partial charge in [0.2, 0.25) is 5.91 Å². The molecule has 3 amide bonds. The molecule has 1 aliphatic rings. The van der Waals surface area contributed by atoms with Crippen molar-refractivity contribution in [2.75, 3.05) is 0 Å². The van der Waals surface area contributed by atoms with Crippen LogP contribution in [-0.4, -0.2) is 20.4 Å². The second kappa shape index (κ2) is 3.05. The van der Waals surface area contributed by atoms with Crippen molar-refractivity contribution in [2.24, 2.45) is 5.73 Å². The Hall–Kier alpha value is -1.57. The summed E-state index contributed by atoms with van der Waals surface area (Å²) in [6.45, 7) is 0. The third-order valence-electron chi connectivity index (χ3n) is 1.17. The molecule has 0 unspecified atom stereocenters. The minimum absolute atomic E-state index is 0.0312. The summed E-state index contributed by atoms with van der Waals surface area (Å²) in [5.74, 6) is -0.719. The first-order valence-electron chi connectivity index (χ1n) is 3.22. The van der Waals surface area contributed by atoms with Gasteiger partial charge in [-0.15, -0.1) is 0 Å². The number of carbonyl (C=O) groups excluding carboxylic acids is 2. The molecule has 1 heterocycles. The molecule has 0 fully saturated rings. The molecule has 1 aliphatic heterocycles. The Morgan fingerprint density at radius 2 is 2.15 bits per heavy atom. The topological polar surface area (TPSA) is 118 Å². The van der Waals surface area contributed by atoms with Crippen LogP contribution in [0.4, 0.5) is 4.79 Å². The second-order valence-corrected chi connectivity index (χ2v) is 3.92. The van der Waals surface area contributed by atoms with E-state index in [2.05, 4.69) is 5.32 Å². The number of nitrogens with two attached hydrogens (primary N) is 1. The van der Waals surface area contributed by atoms with E-state index in [-0.39, 0.29) is 12.1 Å². The molecule has 0 atom stereocenters. The molecule has 0 aromatic carbocycles. The van der Waals surface area contributed by atoms with E-state index in [1.54, 1.807) is 4.72 Å². The van der Waals surface area contributed by atoms with Crippen LogP contribution in [0.25, 0.3) is 0 Å². The highest BCUT2D eigenvalue weighted by molar-refractivity contribution is 7.93. The summed E-state index contributed by atoms with van der Waals surface area (Å²) in [5.41, 5.74) is 4.78. The first-order chi connectivity index (χ1) is 5.89. The fraction of sp³-hybridized carbons (Fsp3) is 0.200. The minimum Gasteiger partial charge on any atom is -0.369 e. The van der Waals surface area contributed by atoms with Crippen LogP contribution in [0.3, 0.4) is 0 Å². The van der Waals surface area contributed by atoms with Crippen molar-refractivity contribution in [1.29, 1.82) is 0 Å². The number of hydrogen-bond donors (Lipinski definition) is 3. The Morgan fingerprint density at radius 1 is 1.54 bits per heavy atom. The zero-order valence-electron chi connectivity index (χ0n) is 6.40. The molecule has 1 rings (SSSR count). The zero-order valence-corrected chi connectivity index (χ0v) is 7.22. The van der Waals surface area contributed by atoms with Gasteiger partial charge in [0, 0.05) is 5.70 Å². The first-order valence-corrected chi connectivity index (χ1v) is 4.76. The van der Waals surface area contributed by atoms with Crippen molar-refractivity contribution in [3.8, 4) is 0 Å². The lowest BCUT2D eigenvalue weighted by atomic mass is 10.3. The number of sulfonamides is 1. The smallest absolute Gasteiger partial charge is 0.332 e. The van der Waals surface area contributed by atoms with E-state index >= 15 is 0 Å². The van der Waals surface area contributed by atoms with Crippen LogP contribution < -0.4 is 15.8 Å². The molecule has 0 aromatic rings. The number of primary amides is 1. The van der Waals surface area contributed by atoms with Crippen LogP contribution in [0.15, 0.2) is 11.1 Å². The quantitative estimate of drug-likeness (QED) is 0.500. The van der Waals surface area contributed by atoms with Crippen molar-refractivity contribution in [3.05, 3.63) is 11.1 Å². The van der Waals surface area contributed by atoms with Crippen molar-refractivity contribution in [2.45, 2.75) is 6.42 Å². The normalized spacial score (nSPS) is 19.7. The fourth-order valence-electron chi connectivity index (χ4n) is 0.820. The first kappa shape index (κ1) is 9.52. The summed E-state index contributed by atoms with van der Waals surface area (Å²) in [6, 6.07) is -0.890. The van der Waals surface area contributed by atoms with Gasteiger partial charge in [-0.3, -0.25) is 4.79 Å². The summed E-state index contributed by atoms with van der Waals surface area (Å²) in [4.78, 5) is 21.1. The molecule has 0 aromatic heterocycles. The van der Waals surface area contributed by atoms with Crippen LogP contribution in [0, 0.1) is 0 Å². The van der Waals surface area contributed by atoms with Gasteiger partial charge < -0.3 is 11.1 Å². The van der Waals surface area contributed by atoms with Crippen molar-refractivity contribution < 1.29 is 18.0 Å². The largest absolute Gasteiger partial charge is 0.369 e. The molecule has 0 saturated carbocycles. The van der Waals surface area contributed by atoms with E-state index in [4.69, 9.17) is 5.73 Å². The van der Waals surface area contributed by atoms with Crippen LogP contribution in [0.2, 0.25) is 0 Å². The molecular formula is C5H7N3O4S. The highest BCUT2D eigenvalue weighted by Crippen LogP contribution is 2.04. The molecule has 8 heteroatoms. The van der Waals surface area contributed by atoms with Gasteiger partial charge in [0.05, 0.1) is 11.8 Å². The Labute approximate surface area is 74.0 Å². The molecule has 0 spiro atoms. The molecule has 0 aliphatic carbocycles. The third kappa shape index (κ3) is 2.75. The van der Waals surface area contributed by atoms with Gasteiger partial charge in [0.15, 0.2) is 0 Å². The molecule has 7 nitrogen and oxygen atoms in total. The van der Waals surface area contributed by atoms with E-state index in [0.717, 1.165) is 5.41 Å². The maximum Gasteiger partial charge on any atom is 0.332 e. The van der Waals surface area contributed by atoms with Crippen LogP contribution in [-0.2, 0) is 14.8 Å². The number of hydrogen-bond acceptors (Lipinski definition) is 4. The Bertz CT molecular complexity index is 383. The lowest BCUT2D eigenvalue weighted by molar-refractivity contribution is -0.117. The highest BCUT2D eigenvalue weighted by Gasteiger charge is 2.21. The van der Waals surface area contributed by atoms with Crippen molar-refractivity contribution in [3.63, 3.8) is 0 Å². The number of rotatable bonds is 2. The van der Waals surface area contributed by atoms with Gasteiger partial charge in [-0.05, 0) is 0 Å². The maximum atomic E-state index is 10.9. The lowest BCUT2D eigenvalue weighted by Crippen LogP contribution is -2.43. The van der Waals surface area contributed by atoms with Gasteiger partial charge >= 0.3 is 6.03 Å². The molecule has 0 saturated heterocycles. The molecule has 13 heavy (non-hydrogen) atoms. The summed E-state index contributed by atoms with van der Waals surface area (Å²) in [5, 5.41) is 2.88. The zero-order chi connectivity index (χ0) is 10.1. The van der Waals surface area contributed by atoms with Gasteiger partial charge in [0.25, 0.3) is 10.0 Å². The molecule has 4 N–H and O–H groups in total. The molecular weight excluding hydrogens is 198 g/mol. The Balaban J connectivity index is 2.92. The van der Waals surface area contributed by atoms with E-state index in [1.165, 1.54) is 0 Å². The summed E-state index contributed by atoms with van der Waals surface area (Å²) < 4.78 is 23.4. The third-order valence-corrected chi connectivity index (χ3v) is 2.24. The predicted octanol–water partition coefficient (Wildman–Crippen LogP) is -1.65. The number of carbonyl (C=O) groups is 2. The van der Waals surface area contributed by atoms with Crippen molar-refractivity contribution >= 4 is 22.0 Å². The van der Waals surface area contributed by atoms with E-state index in [0.29, 0.717) is 0 Å². The average Bonchev–Trinajstić information content (AvgIpc) is 1.78. The summed E-state index contributed by atoms with van der Waals surface area (Å²) >= 11 is 0. The summed E-state index contributed by atoms with van der Waals surface area (Å²) in [6.07, 6.45) is -0.313. The molecule has 72 valence electrons. The van der Waals surface area contributed by atoms with E-state index in [9.17, 15) is 18.0 Å². The highest BCUT2D eigenvalue weighted by atomic mass is 32.2. The molecule has 0 bridgehead atoms. The monoisotopic (exact) mass is 205 g/mol. The van der Waals surface area contributed by atoms with Gasteiger partial charge in [0.1, 0.15) is 0 Å². The van der Waals surface area contributed by atoms with Crippen LogP contribution >= 0.6 is 0 Å². The Kier molecular flexibility index (Phi) is 2.24. The van der Waals surface area contributed by atoms with Crippen LogP contribution in [0.5, 0.6) is 0 Å². The van der Waals surface area contributed by atoms with Gasteiger partial charge in [-0.2, -0.15) is 0 Å². The van der Waals surface area contributed by atoms with Crippen LogP contribution in [0.1, 0.15) is 6.42 Å². The minimum atomic E-state index is -3.76.